The highest BCUT2D eigenvalue weighted by Gasteiger charge is 2.08. The molecular weight excluding hydrogens is 246 g/mol. The van der Waals surface area contributed by atoms with Crippen molar-refractivity contribution >= 4 is 0 Å². The first kappa shape index (κ1) is 19.9. The number of nitrogens with zero attached hydrogens (tertiary/aromatic N) is 1. The van der Waals surface area contributed by atoms with Gasteiger partial charge in [-0.1, -0.05) is 66.2 Å². The van der Waals surface area contributed by atoms with Crippen molar-refractivity contribution in [2.75, 3.05) is 20.6 Å². The Bertz CT molecular complexity index is 220. The molecule has 0 radical (unpaired) electrons. The van der Waals surface area contributed by atoms with E-state index in [1.807, 2.05) is 0 Å². The van der Waals surface area contributed by atoms with E-state index in [2.05, 4.69) is 27.7 Å². The van der Waals surface area contributed by atoms with E-state index < -0.39 is 0 Å². The molecule has 0 fully saturated rings. The molecule has 2 atom stereocenters. The number of hydrogen-bond donors (Lipinski definition) is 0. The van der Waals surface area contributed by atoms with Gasteiger partial charge in [0.05, 0.1) is 20.6 Å². The van der Waals surface area contributed by atoms with E-state index in [0.29, 0.717) is 0 Å². The van der Waals surface area contributed by atoms with E-state index in [0.717, 1.165) is 30.7 Å². The number of rotatable bonds is 12. The van der Waals surface area contributed by atoms with Crippen LogP contribution < -0.4 is 0 Å². The molecule has 122 valence electrons. The minimum absolute atomic E-state index is 0.139. The summed E-state index contributed by atoms with van der Waals surface area (Å²) in [6.07, 6.45) is 10.5. The second kappa shape index (κ2) is 10.6. The van der Waals surface area contributed by atoms with Crippen LogP contribution >= 0.6 is 0 Å². The maximum absolute atomic E-state index is 11.5. The van der Waals surface area contributed by atoms with Crippen LogP contribution in [0.4, 0.5) is 0 Å². The van der Waals surface area contributed by atoms with Crippen molar-refractivity contribution in [3.63, 3.8) is 0 Å². The van der Waals surface area contributed by atoms with Gasteiger partial charge in [-0.2, -0.15) is 0 Å². The fraction of sp³-hybridized carbons (Fsp3) is 1.00. The molecule has 0 bridgehead atoms. The average molecular weight is 286 g/mol. The van der Waals surface area contributed by atoms with Gasteiger partial charge in [0, 0.05) is 0 Å². The molecule has 0 rings (SSSR count). The largest absolute Gasteiger partial charge is 0.633 e. The van der Waals surface area contributed by atoms with Crippen molar-refractivity contribution in [2.45, 2.75) is 79.1 Å². The highest BCUT2D eigenvalue weighted by molar-refractivity contribution is 4.59. The van der Waals surface area contributed by atoms with Crippen molar-refractivity contribution in [3.8, 4) is 0 Å². The molecule has 2 unspecified atom stereocenters. The first-order chi connectivity index (χ1) is 9.20. The molecule has 0 aromatic carbocycles. The quantitative estimate of drug-likeness (QED) is 0.337. The lowest BCUT2D eigenvalue weighted by Gasteiger charge is -2.34. The van der Waals surface area contributed by atoms with Crippen LogP contribution in [0.15, 0.2) is 0 Å². The predicted molar refractivity (Wildman–Crippen MR) is 90.4 cm³/mol. The smallest absolute Gasteiger partial charge is 0.0779 e. The Kier molecular flexibility index (Phi) is 10.6. The lowest BCUT2D eigenvalue weighted by molar-refractivity contribution is -0.840. The molecule has 0 aliphatic heterocycles. The molecule has 0 aliphatic rings. The van der Waals surface area contributed by atoms with Crippen LogP contribution in [0.3, 0.4) is 0 Å². The van der Waals surface area contributed by atoms with E-state index in [-0.39, 0.29) is 4.65 Å². The van der Waals surface area contributed by atoms with E-state index >= 15 is 0 Å². The Balaban J connectivity index is 3.48. The van der Waals surface area contributed by atoms with Gasteiger partial charge < -0.3 is 9.85 Å². The van der Waals surface area contributed by atoms with Gasteiger partial charge in [0.15, 0.2) is 0 Å². The first-order valence-corrected chi connectivity index (χ1v) is 8.74. The lowest BCUT2D eigenvalue weighted by atomic mass is 9.92. The molecule has 0 N–H and O–H groups in total. The van der Waals surface area contributed by atoms with Gasteiger partial charge in [0.1, 0.15) is 0 Å². The zero-order valence-electron chi connectivity index (χ0n) is 15.0. The van der Waals surface area contributed by atoms with Crippen LogP contribution in [0.1, 0.15) is 79.1 Å². The summed E-state index contributed by atoms with van der Waals surface area (Å²) >= 11 is 0. The van der Waals surface area contributed by atoms with Crippen molar-refractivity contribution in [1.82, 2.24) is 0 Å². The van der Waals surface area contributed by atoms with E-state index in [1.165, 1.54) is 44.9 Å². The summed E-state index contributed by atoms with van der Waals surface area (Å²) in [5, 5.41) is 11.5. The Morgan fingerprint density at radius 3 is 1.50 bits per heavy atom. The Hall–Kier alpha value is -0.0800. The fourth-order valence-corrected chi connectivity index (χ4v) is 2.80. The van der Waals surface area contributed by atoms with Crippen LogP contribution in [0.2, 0.25) is 0 Å². The second-order valence-electron chi connectivity index (χ2n) is 7.91. The normalized spacial score (nSPS) is 15.6. The summed E-state index contributed by atoms with van der Waals surface area (Å²) in [4.78, 5) is 0. The molecule has 2 nitrogen and oxygen atoms in total. The van der Waals surface area contributed by atoms with E-state index in [9.17, 15) is 5.21 Å². The van der Waals surface area contributed by atoms with Crippen molar-refractivity contribution < 1.29 is 4.65 Å². The number of hydrogen-bond acceptors (Lipinski definition) is 1. The SMILES string of the molecule is CC(C)CCCC(C)CCCC(C)CCC[N+](C)(C)[O-]. The molecule has 0 heterocycles. The average Bonchev–Trinajstić information content (AvgIpc) is 2.26. The van der Waals surface area contributed by atoms with E-state index in [1.54, 1.807) is 14.1 Å². The van der Waals surface area contributed by atoms with Gasteiger partial charge >= 0.3 is 0 Å². The first-order valence-electron chi connectivity index (χ1n) is 8.74. The Morgan fingerprint density at radius 1 is 0.700 bits per heavy atom. The third-order valence-corrected chi connectivity index (χ3v) is 4.27. The third-order valence-electron chi connectivity index (χ3n) is 4.27. The zero-order chi connectivity index (χ0) is 15.6. The molecule has 0 amide bonds. The molecule has 0 spiro atoms. The molecule has 0 aromatic heterocycles. The topological polar surface area (TPSA) is 23.1 Å². The highest BCUT2D eigenvalue weighted by atomic mass is 16.5. The van der Waals surface area contributed by atoms with Gasteiger partial charge in [0.2, 0.25) is 0 Å². The summed E-state index contributed by atoms with van der Waals surface area (Å²) in [7, 11) is 3.48. The van der Waals surface area contributed by atoms with Gasteiger partial charge in [-0.25, -0.2) is 0 Å². The van der Waals surface area contributed by atoms with Crippen molar-refractivity contribution in [1.29, 1.82) is 0 Å². The maximum atomic E-state index is 11.5. The monoisotopic (exact) mass is 285 g/mol. The fourth-order valence-electron chi connectivity index (χ4n) is 2.80. The summed E-state index contributed by atoms with van der Waals surface area (Å²) in [6.45, 7) is 10.1. The van der Waals surface area contributed by atoms with Crippen LogP contribution in [0, 0.1) is 23.0 Å². The van der Waals surface area contributed by atoms with Crippen molar-refractivity contribution in [2.24, 2.45) is 17.8 Å². The van der Waals surface area contributed by atoms with Crippen LogP contribution in [-0.2, 0) is 0 Å². The summed E-state index contributed by atoms with van der Waals surface area (Å²) < 4.78 is -0.139. The van der Waals surface area contributed by atoms with Gasteiger partial charge in [-0.3, -0.25) is 0 Å². The van der Waals surface area contributed by atoms with Crippen LogP contribution in [0.25, 0.3) is 0 Å². The Morgan fingerprint density at radius 2 is 1.10 bits per heavy atom. The number of quaternary nitrogens is 1. The van der Waals surface area contributed by atoms with Crippen molar-refractivity contribution in [3.05, 3.63) is 5.21 Å². The molecule has 0 saturated heterocycles. The molecule has 2 heteroatoms. The van der Waals surface area contributed by atoms with Crippen LogP contribution in [-0.4, -0.2) is 25.3 Å². The van der Waals surface area contributed by atoms with Gasteiger partial charge in [-0.15, -0.1) is 0 Å². The minimum Gasteiger partial charge on any atom is -0.633 e. The molecule has 0 aliphatic carbocycles. The van der Waals surface area contributed by atoms with Gasteiger partial charge in [0.25, 0.3) is 0 Å². The zero-order valence-corrected chi connectivity index (χ0v) is 15.0. The maximum Gasteiger partial charge on any atom is 0.0779 e. The van der Waals surface area contributed by atoms with Crippen LogP contribution in [0.5, 0.6) is 0 Å². The molecule has 20 heavy (non-hydrogen) atoms. The lowest BCUT2D eigenvalue weighted by Crippen LogP contribution is -2.33. The second-order valence-corrected chi connectivity index (χ2v) is 7.91. The summed E-state index contributed by atoms with van der Waals surface area (Å²) in [5.74, 6) is 2.52. The molecular formula is C18H39NO. The highest BCUT2D eigenvalue weighted by Crippen LogP contribution is 2.21. The number of hydroxylamine groups is 3. The molecule has 0 aromatic rings. The van der Waals surface area contributed by atoms with Gasteiger partial charge in [-0.05, 0) is 30.6 Å². The summed E-state index contributed by atoms with van der Waals surface area (Å²) in [6, 6.07) is 0. The predicted octanol–water partition coefficient (Wildman–Crippen LogP) is 5.61. The minimum atomic E-state index is -0.139. The third kappa shape index (κ3) is 14.3. The Labute approximate surface area is 128 Å². The standard InChI is InChI=1S/C18H39NO/c1-16(2)10-7-11-17(3)12-8-13-18(4)14-9-15-19(5,6)20/h16-18H,7-15H2,1-6H3. The van der Waals surface area contributed by atoms with E-state index in [4.69, 9.17) is 0 Å². The summed E-state index contributed by atoms with van der Waals surface area (Å²) in [5.41, 5.74) is 0. The molecule has 0 saturated carbocycles.